The minimum Gasteiger partial charge on any atom is -0.507 e. The van der Waals surface area contributed by atoms with Gasteiger partial charge in [-0.1, -0.05) is 17.7 Å². The van der Waals surface area contributed by atoms with E-state index < -0.39 is 35.1 Å². The van der Waals surface area contributed by atoms with Gasteiger partial charge in [0.05, 0.1) is 5.60 Å². The van der Waals surface area contributed by atoms with Gasteiger partial charge in [0.1, 0.15) is 22.8 Å². The molecular weight excluding hydrogens is 428 g/mol. The third kappa shape index (κ3) is 5.40. The van der Waals surface area contributed by atoms with Crippen LogP contribution in [-0.2, 0) is 6.42 Å². The summed E-state index contributed by atoms with van der Waals surface area (Å²) in [7, 11) is 0. The smallest absolute Gasteiger partial charge is 0.202 e. The Labute approximate surface area is 192 Å². The van der Waals surface area contributed by atoms with Crippen molar-refractivity contribution in [3.05, 3.63) is 52.6 Å². The molecule has 8 heteroatoms. The summed E-state index contributed by atoms with van der Waals surface area (Å²) in [4.78, 5) is 12.9. The van der Waals surface area contributed by atoms with E-state index in [4.69, 9.17) is 4.74 Å². The van der Waals surface area contributed by atoms with Crippen molar-refractivity contribution < 1.29 is 40.2 Å². The number of fused-ring (bicyclic) bond motifs is 1. The van der Waals surface area contributed by atoms with E-state index >= 15 is 0 Å². The second-order valence-corrected chi connectivity index (χ2v) is 9.11. The Kier molecular flexibility index (Phi) is 6.90. The summed E-state index contributed by atoms with van der Waals surface area (Å²) in [6, 6.07) is 4.98. The Morgan fingerprint density at radius 2 is 1.79 bits per heavy atom. The standard InChI is InChI=1S/C25H30O8/c1-13(5-4-10-25(2,3)32)6-8-15-17(27)12-19-20(21(15)29)22(30)23(31)24(33-19)14-7-9-16(26)18(28)11-14/h6-7,9,11-12,23-24,26-29,31-32H,4-5,8,10H2,1-3H3/b13-6+/t23-,24+/m0/s1. The van der Waals surface area contributed by atoms with Crippen molar-refractivity contribution >= 4 is 5.78 Å². The predicted molar refractivity (Wildman–Crippen MR) is 121 cm³/mol. The summed E-state index contributed by atoms with van der Waals surface area (Å²) in [5.74, 6) is -2.39. The molecule has 2 atom stereocenters. The number of phenolic OH excluding ortho intramolecular Hbond substituents is 4. The summed E-state index contributed by atoms with van der Waals surface area (Å²) < 4.78 is 5.70. The zero-order valence-corrected chi connectivity index (χ0v) is 18.9. The van der Waals surface area contributed by atoms with E-state index in [-0.39, 0.29) is 40.4 Å². The number of carbonyl (C=O) groups excluding carboxylic acids is 1. The van der Waals surface area contributed by atoms with E-state index in [1.807, 2.05) is 13.0 Å². The molecule has 0 saturated carbocycles. The van der Waals surface area contributed by atoms with Crippen molar-refractivity contribution in [1.29, 1.82) is 0 Å². The first-order chi connectivity index (χ1) is 15.4. The molecule has 3 rings (SSSR count). The van der Waals surface area contributed by atoms with Crippen LogP contribution in [0.2, 0.25) is 0 Å². The van der Waals surface area contributed by atoms with Crippen LogP contribution in [0.15, 0.2) is 35.9 Å². The van der Waals surface area contributed by atoms with Crippen molar-refractivity contribution in [2.75, 3.05) is 0 Å². The van der Waals surface area contributed by atoms with E-state index in [0.29, 0.717) is 6.42 Å². The average molecular weight is 459 g/mol. The maximum atomic E-state index is 12.9. The van der Waals surface area contributed by atoms with Gasteiger partial charge in [-0.2, -0.15) is 0 Å². The number of aliphatic hydroxyl groups excluding tert-OH is 1. The van der Waals surface area contributed by atoms with Gasteiger partial charge in [0.15, 0.2) is 23.7 Å². The molecule has 2 aromatic rings. The molecule has 0 spiro atoms. The molecule has 0 unspecified atom stereocenters. The lowest BCUT2D eigenvalue weighted by Gasteiger charge is -2.31. The van der Waals surface area contributed by atoms with Crippen molar-refractivity contribution in [1.82, 2.24) is 0 Å². The van der Waals surface area contributed by atoms with Crippen molar-refractivity contribution in [2.24, 2.45) is 0 Å². The first kappa shape index (κ1) is 24.4. The highest BCUT2D eigenvalue weighted by atomic mass is 16.5. The molecule has 0 fully saturated rings. The van der Waals surface area contributed by atoms with Gasteiger partial charge in [-0.25, -0.2) is 0 Å². The summed E-state index contributed by atoms with van der Waals surface area (Å²) in [5.41, 5.74) is 0.422. The average Bonchev–Trinajstić information content (AvgIpc) is 2.71. The van der Waals surface area contributed by atoms with Crippen LogP contribution in [0.25, 0.3) is 0 Å². The van der Waals surface area contributed by atoms with Gasteiger partial charge < -0.3 is 35.4 Å². The molecule has 0 aliphatic carbocycles. The van der Waals surface area contributed by atoms with E-state index in [9.17, 15) is 35.4 Å². The molecule has 0 aromatic heterocycles. The third-order valence-electron chi connectivity index (χ3n) is 5.74. The van der Waals surface area contributed by atoms with Crippen molar-refractivity contribution in [2.45, 2.75) is 64.3 Å². The Morgan fingerprint density at radius 1 is 1.09 bits per heavy atom. The molecule has 0 radical (unpaired) electrons. The van der Waals surface area contributed by atoms with Crippen LogP contribution in [0, 0.1) is 0 Å². The predicted octanol–water partition coefficient (Wildman–Crippen LogP) is 3.62. The largest absolute Gasteiger partial charge is 0.507 e. The molecule has 178 valence electrons. The molecule has 1 aliphatic rings. The van der Waals surface area contributed by atoms with Gasteiger partial charge in [-0.3, -0.25) is 4.79 Å². The van der Waals surface area contributed by atoms with Gasteiger partial charge in [-0.05, 0) is 64.2 Å². The number of phenols is 4. The van der Waals surface area contributed by atoms with Crippen LogP contribution >= 0.6 is 0 Å². The van der Waals surface area contributed by atoms with Crippen LogP contribution in [0.1, 0.15) is 67.6 Å². The zero-order valence-electron chi connectivity index (χ0n) is 18.9. The highest BCUT2D eigenvalue weighted by Crippen LogP contribution is 2.45. The second-order valence-electron chi connectivity index (χ2n) is 9.11. The Balaban J connectivity index is 1.85. The van der Waals surface area contributed by atoms with Crippen LogP contribution in [0.5, 0.6) is 28.7 Å². The number of benzene rings is 2. The normalized spacial score (nSPS) is 18.7. The van der Waals surface area contributed by atoms with Gasteiger partial charge in [0.25, 0.3) is 0 Å². The molecular formula is C25H30O8. The fourth-order valence-electron chi connectivity index (χ4n) is 3.84. The van der Waals surface area contributed by atoms with E-state index in [1.165, 1.54) is 24.3 Å². The minimum atomic E-state index is -1.66. The number of hydrogen-bond donors (Lipinski definition) is 6. The molecule has 2 aromatic carbocycles. The summed E-state index contributed by atoms with van der Waals surface area (Å²) in [6.45, 7) is 5.40. The minimum absolute atomic E-state index is 0.0903. The molecule has 8 nitrogen and oxygen atoms in total. The summed E-state index contributed by atoms with van der Waals surface area (Å²) >= 11 is 0. The number of aromatic hydroxyl groups is 4. The van der Waals surface area contributed by atoms with Crippen LogP contribution in [-0.4, -0.2) is 48.1 Å². The zero-order chi connectivity index (χ0) is 24.5. The van der Waals surface area contributed by atoms with Crippen LogP contribution in [0.4, 0.5) is 0 Å². The Hall–Kier alpha value is -3.23. The van der Waals surface area contributed by atoms with Crippen molar-refractivity contribution in [3.63, 3.8) is 0 Å². The van der Waals surface area contributed by atoms with Gasteiger partial charge in [0.2, 0.25) is 5.78 Å². The Morgan fingerprint density at radius 3 is 2.42 bits per heavy atom. The number of Topliss-reactive ketones (excluding diaryl/α,β-unsaturated/α-hetero) is 1. The van der Waals surface area contributed by atoms with Gasteiger partial charge >= 0.3 is 0 Å². The van der Waals surface area contributed by atoms with Crippen LogP contribution in [0.3, 0.4) is 0 Å². The lowest BCUT2D eigenvalue weighted by atomic mass is 9.90. The van der Waals surface area contributed by atoms with E-state index in [2.05, 4.69) is 0 Å². The number of rotatable bonds is 7. The molecule has 6 N–H and O–H groups in total. The number of carbonyl (C=O) groups is 1. The van der Waals surface area contributed by atoms with Gasteiger partial charge in [0, 0.05) is 11.6 Å². The highest BCUT2D eigenvalue weighted by molar-refractivity contribution is 6.06. The number of allylic oxidation sites excluding steroid dienone is 2. The fourth-order valence-corrected chi connectivity index (χ4v) is 3.84. The SMILES string of the molecule is C/C(=C\Cc1c(O)cc2c(c1O)C(=O)[C@H](O)[C@@H](c1ccc(O)c(O)c1)O2)CCCC(C)(C)O. The monoisotopic (exact) mass is 458 g/mol. The van der Waals surface area contributed by atoms with Crippen LogP contribution < -0.4 is 4.74 Å². The van der Waals surface area contributed by atoms with E-state index in [0.717, 1.165) is 18.4 Å². The first-order valence-electron chi connectivity index (χ1n) is 10.8. The second kappa shape index (κ2) is 9.33. The third-order valence-corrected chi connectivity index (χ3v) is 5.74. The molecule has 33 heavy (non-hydrogen) atoms. The summed E-state index contributed by atoms with van der Waals surface area (Å²) in [6.07, 6.45) is 1.29. The number of ether oxygens (including phenoxy) is 1. The number of ketones is 1. The van der Waals surface area contributed by atoms with Gasteiger partial charge in [-0.15, -0.1) is 0 Å². The Bertz CT molecular complexity index is 1080. The molecule has 0 amide bonds. The fraction of sp³-hybridized carbons (Fsp3) is 0.400. The molecule has 0 bridgehead atoms. The highest BCUT2D eigenvalue weighted by Gasteiger charge is 2.40. The lowest BCUT2D eigenvalue weighted by Crippen LogP contribution is -2.36. The summed E-state index contributed by atoms with van der Waals surface area (Å²) in [5, 5.41) is 60.8. The first-order valence-corrected chi connectivity index (χ1v) is 10.8. The maximum Gasteiger partial charge on any atom is 0.202 e. The molecule has 0 saturated heterocycles. The van der Waals surface area contributed by atoms with Crippen molar-refractivity contribution in [3.8, 4) is 28.7 Å². The quantitative estimate of drug-likeness (QED) is 0.272. The topological polar surface area (TPSA) is 148 Å². The molecule has 1 heterocycles. The number of hydrogen-bond acceptors (Lipinski definition) is 8. The maximum absolute atomic E-state index is 12.9. The molecule has 1 aliphatic heterocycles. The number of aliphatic hydroxyl groups is 2. The lowest BCUT2D eigenvalue weighted by molar-refractivity contribution is 0.0209. The van der Waals surface area contributed by atoms with E-state index in [1.54, 1.807) is 13.8 Å².